The van der Waals surface area contributed by atoms with E-state index < -0.39 is 24.0 Å². The van der Waals surface area contributed by atoms with E-state index in [-0.39, 0.29) is 24.0 Å². The number of amides is 3. The number of carboxylic acids is 2. The highest BCUT2D eigenvalue weighted by Gasteiger charge is 2.42. The molecule has 11 N–H and O–H groups in total. The first-order chi connectivity index (χ1) is 16.6. The van der Waals surface area contributed by atoms with Crippen molar-refractivity contribution < 1.29 is 29.4 Å². The summed E-state index contributed by atoms with van der Waals surface area (Å²) < 4.78 is 0. The van der Waals surface area contributed by atoms with Crippen LogP contribution in [-0.4, -0.2) is 82.3 Å². The van der Waals surface area contributed by atoms with Gasteiger partial charge >= 0.3 is 18.0 Å². The predicted octanol–water partition coefficient (Wildman–Crippen LogP) is -0.0621. The van der Waals surface area contributed by atoms with Gasteiger partial charge in [-0.15, -0.1) is 0 Å². The topological polar surface area (TPSA) is 223 Å². The fourth-order valence-electron chi connectivity index (χ4n) is 3.84. The molecular weight excluding hydrogens is 476 g/mol. The minimum Gasteiger partial charge on any atom is -0.480 e. The van der Waals surface area contributed by atoms with Crippen molar-refractivity contribution in [3.63, 3.8) is 0 Å². The SMILES string of the molecule is NC(CCCCNC(=O)CCCCC1SCC2NC(=O)NC21)C(=O)O.NCCCCC(N)C(=O)O. The van der Waals surface area contributed by atoms with E-state index in [1.807, 2.05) is 11.8 Å². The van der Waals surface area contributed by atoms with E-state index in [1.165, 1.54) is 0 Å². The van der Waals surface area contributed by atoms with Gasteiger partial charge in [-0.25, -0.2) is 4.79 Å². The van der Waals surface area contributed by atoms with Crippen molar-refractivity contribution in [2.24, 2.45) is 17.2 Å². The van der Waals surface area contributed by atoms with Crippen LogP contribution in [0.2, 0.25) is 0 Å². The van der Waals surface area contributed by atoms with Crippen molar-refractivity contribution in [3.05, 3.63) is 0 Å². The van der Waals surface area contributed by atoms with Gasteiger partial charge in [-0.05, 0) is 51.5 Å². The molecule has 0 radical (unpaired) electrons. The zero-order valence-corrected chi connectivity index (χ0v) is 21.1. The lowest BCUT2D eigenvalue weighted by molar-refractivity contribution is -0.139. The molecule has 0 bridgehead atoms. The van der Waals surface area contributed by atoms with Gasteiger partial charge in [-0.2, -0.15) is 11.8 Å². The standard InChI is InChI=1S/C16H28N4O4S.C6H14N2O2/c17-10(15(22)23)5-3-4-8-18-13(21)7-2-1-6-12-14-11(9-25-12)19-16(24)20-14;7-4-2-1-3-5(8)6(9)10/h10-12,14H,1-9,17H2,(H,18,21)(H,22,23)(H2,19,20,24);5H,1-4,7-8H2,(H,9,10). The lowest BCUT2D eigenvalue weighted by Crippen LogP contribution is -2.36. The summed E-state index contributed by atoms with van der Waals surface area (Å²) in [5, 5.41) is 26.2. The average molecular weight is 519 g/mol. The van der Waals surface area contributed by atoms with Crippen LogP contribution in [0.25, 0.3) is 0 Å². The largest absolute Gasteiger partial charge is 0.480 e. The van der Waals surface area contributed by atoms with Gasteiger partial charge in [-0.1, -0.05) is 12.8 Å². The number of aliphatic carboxylic acids is 2. The molecule has 2 aliphatic heterocycles. The van der Waals surface area contributed by atoms with Crippen molar-refractivity contribution in [2.45, 2.75) is 93.6 Å². The number of rotatable bonds is 16. The molecule has 2 fully saturated rings. The van der Waals surface area contributed by atoms with Crippen molar-refractivity contribution >= 4 is 35.6 Å². The molecule has 0 spiro atoms. The third-order valence-electron chi connectivity index (χ3n) is 5.95. The molecule has 35 heavy (non-hydrogen) atoms. The van der Waals surface area contributed by atoms with Gasteiger partial charge in [-0.3, -0.25) is 14.4 Å². The number of unbranched alkanes of at least 4 members (excludes halogenated alkanes) is 3. The molecule has 202 valence electrons. The highest BCUT2D eigenvalue weighted by molar-refractivity contribution is 8.00. The summed E-state index contributed by atoms with van der Waals surface area (Å²) in [5.41, 5.74) is 15.8. The number of carboxylic acid groups (broad SMARTS) is 2. The molecule has 3 amide bonds. The first-order valence-corrected chi connectivity index (χ1v) is 13.3. The Hall–Kier alpha value is -2.09. The van der Waals surface area contributed by atoms with E-state index in [9.17, 15) is 19.2 Å². The molecule has 2 aliphatic rings. The Labute approximate surface area is 210 Å². The number of hydrogen-bond acceptors (Lipinski definition) is 8. The second-order valence-electron chi connectivity index (χ2n) is 8.89. The molecule has 5 atom stereocenters. The van der Waals surface area contributed by atoms with Crippen LogP contribution in [0.5, 0.6) is 0 Å². The van der Waals surface area contributed by atoms with Gasteiger partial charge in [0, 0.05) is 24.0 Å². The summed E-state index contributed by atoms with van der Waals surface area (Å²) in [6.07, 6.45) is 7.34. The van der Waals surface area contributed by atoms with Gasteiger partial charge in [0.15, 0.2) is 0 Å². The van der Waals surface area contributed by atoms with Crippen LogP contribution in [0, 0.1) is 0 Å². The minimum atomic E-state index is -0.983. The molecule has 0 aromatic carbocycles. The van der Waals surface area contributed by atoms with Crippen LogP contribution in [-0.2, 0) is 14.4 Å². The number of carbonyl (C=O) groups excluding carboxylic acids is 2. The fraction of sp³-hybridized carbons (Fsp3) is 0.818. The molecule has 5 unspecified atom stereocenters. The molecule has 2 saturated heterocycles. The Morgan fingerprint density at radius 1 is 0.971 bits per heavy atom. The molecule has 0 aromatic heterocycles. The van der Waals surface area contributed by atoms with E-state index in [1.54, 1.807) is 0 Å². The number of urea groups is 1. The van der Waals surface area contributed by atoms with Crippen molar-refractivity contribution in [1.29, 1.82) is 0 Å². The maximum atomic E-state index is 11.8. The first-order valence-electron chi connectivity index (χ1n) is 12.3. The Morgan fingerprint density at radius 2 is 1.60 bits per heavy atom. The summed E-state index contributed by atoms with van der Waals surface area (Å²) in [5.74, 6) is -0.920. The Morgan fingerprint density at radius 3 is 2.20 bits per heavy atom. The molecule has 2 heterocycles. The van der Waals surface area contributed by atoms with Gasteiger partial charge in [0.05, 0.1) is 12.1 Å². The van der Waals surface area contributed by atoms with Gasteiger partial charge < -0.3 is 43.4 Å². The van der Waals surface area contributed by atoms with Crippen LogP contribution < -0.4 is 33.2 Å². The molecular formula is C22H42N6O6S. The van der Waals surface area contributed by atoms with Crippen LogP contribution in [0.4, 0.5) is 4.79 Å². The zero-order chi connectivity index (χ0) is 26.2. The van der Waals surface area contributed by atoms with Crippen LogP contribution in [0.15, 0.2) is 0 Å². The molecule has 0 saturated carbocycles. The van der Waals surface area contributed by atoms with Crippen molar-refractivity contribution in [3.8, 4) is 0 Å². The Balaban J connectivity index is 0.000000518. The summed E-state index contributed by atoms with van der Waals surface area (Å²) >= 11 is 1.89. The molecule has 0 aromatic rings. The first kappa shape index (κ1) is 30.9. The minimum absolute atomic E-state index is 0.0373. The Bertz CT molecular complexity index is 685. The second-order valence-corrected chi connectivity index (χ2v) is 10.2. The second kappa shape index (κ2) is 17.4. The third kappa shape index (κ3) is 13.0. The van der Waals surface area contributed by atoms with Gasteiger partial charge in [0.1, 0.15) is 12.1 Å². The number of hydrogen-bond donors (Lipinski definition) is 8. The van der Waals surface area contributed by atoms with Crippen molar-refractivity contribution in [2.75, 3.05) is 18.8 Å². The number of thioether (sulfide) groups is 1. The van der Waals surface area contributed by atoms with Gasteiger partial charge in [0.25, 0.3) is 0 Å². The number of nitrogens with one attached hydrogen (secondary N) is 3. The van der Waals surface area contributed by atoms with Crippen LogP contribution >= 0.6 is 11.8 Å². The van der Waals surface area contributed by atoms with E-state index in [0.29, 0.717) is 44.0 Å². The third-order valence-corrected chi connectivity index (χ3v) is 7.46. The summed E-state index contributed by atoms with van der Waals surface area (Å²) in [4.78, 5) is 43.8. The quantitative estimate of drug-likeness (QED) is 0.100. The molecule has 12 nitrogen and oxygen atoms in total. The molecule has 2 rings (SSSR count). The van der Waals surface area contributed by atoms with Gasteiger partial charge in [0.2, 0.25) is 5.91 Å². The smallest absolute Gasteiger partial charge is 0.320 e. The van der Waals surface area contributed by atoms with E-state index in [0.717, 1.165) is 44.3 Å². The summed E-state index contributed by atoms with van der Waals surface area (Å²) in [6, 6.07) is -1.12. The maximum Gasteiger partial charge on any atom is 0.320 e. The summed E-state index contributed by atoms with van der Waals surface area (Å²) in [7, 11) is 0. The lowest BCUT2D eigenvalue weighted by Gasteiger charge is -2.16. The van der Waals surface area contributed by atoms with Crippen LogP contribution in [0.1, 0.15) is 64.2 Å². The van der Waals surface area contributed by atoms with E-state index >= 15 is 0 Å². The molecule has 0 aliphatic carbocycles. The monoisotopic (exact) mass is 518 g/mol. The predicted molar refractivity (Wildman–Crippen MR) is 135 cm³/mol. The number of nitrogens with two attached hydrogens (primary N) is 3. The molecule has 13 heteroatoms. The van der Waals surface area contributed by atoms with E-state index in [2.05, 4.69) is 16.0 Å². The zero-order valence-electron chi connectivity index (χ0n) is 20.2. The van der Waals surface area contributed by atoms with Crippen LogP contribution in [0.3, 0.4) is 0 Å². The summed E-state index contributed by atoms with van der Waals surface area (Å²) in [6.45, 7) is 1.16. The number of fused-ring (bicyclic) bond motifs is 1. The number of carbonyl (C=O) groups is 4. The highest BCUT2D eigenvalue weighted by atomic mass is 32.2. The fourth-order valence-corrected chi connectivity index (χ4v) is 5.38. The average Bonchev–Trinajstić information content (AvgIpc) is 3.36. The lowest BCUT2D eigenvalue weighted by atomic mass is 10.0. The van der Waals surface area contributed by atoms with Crippen molar-refractivity contribution in [1.82, 2.24) is 16.0 Å². The maximum absolute atomic E-state index is 11.8. The normalized spacial score (nSPS) is 22.1. The Kier molecular flexibility index (Phi) is 15.3. The highest BCUT2D eigenvalue weighted by Crippen LogP contribution is 2.33. The van der Waals surface area contributed by atoms with E-state index in [4.69, 9.17) is 27.4 Å².